The van der Waals surface area contributed by atoms with Crippen molar-refractivity contribution in [2.75, 3.05) is 33.7 Å². The van der Waals surface area contributed by atoms with Gasteiger partial charge in [-0.25, -0.2) is 0 Å². The Hall–Kier alpha value is -0.570. The van der Waals surface area contributed by atoms with Gasteiger partial charge in [-0.1, -0.05) is 13.8 Å². The van der Waals surface area contributed by atoms with E-state index in [1.807, 2.05) is 6.92 Å². The number of nitrogens with one attached hydrogen (secondary N) is 1. The summed E-state index contributed by atoms with van der Waals surface area (Å²) in [5, 5.41) is 7.60. The van der Waals surface area contributed by atoms with Crippen LogP contribution in [0.5, 0.6) is 0 Å². The smallest absolute Gasteiger partial charge is 0.0926 e. The third kappa shape index (κ3) is 6.58. The van der Waals surface area contributed by atoms with Gasteiger partial charge >= 0.3 is 0 Å². The molecule has 0 aromatic heterocycles. The lowest BCUT2D eigenvalue weighted by atomic mass is 10.2. The topological polar surface area (TPSA) is 30.3 Å². The Kier molecular flexibility index (Phi) is 5.71. The van der Waals surface area contributed by atoms with Crippen molar-refractivity contribution in [2.24, 2.45) is 5.92 Å². The Bertz CT molecular complexity index is 152. The van der Waals surface area contributed by atoms with Gasteiger partial charge in [0.1, 0.15) is 0 Å². The zero-order valence-electron chi connectivity index (χ0n) is 9.59. The highest BCUT2D eigenvalue weighted by atomic mass is 15.2. The molecule has 13 heavy (non-hydrogen) atoms. The van der Waals surface area contributed by atoms with Gasteiger partial charge in [-0.05, 0) is 26.9 Å². The third-order valence-electron chi connectivity index (χ3n) is 1.88. The minimum Gasteiger partial charge on any atom is -0.359 e. The van der Waals surface area contributed by atoms with E-state index in [2.05, 4.69) is 37.7 Å². The van der Waals surface area contributed by atoms with Gasteiger partial charge in [-0.2, -0.15) is 0 Å². The Balaban J connectivity index is 3.88. The number of amidine groups is 1. The van der Waals surface area contributed by atoms with Crippen LogP contribution in [0.4, 0.5) is 0 Å². The van der Waals surface area contributed by atoms with Gasteiger partial charge in [-0.15, -0.1) is 0 Å². The van der Waals surface area contributed by atoms with E-state index in [4.69, 9.17) is 5.41 Å². The predicted octanol–water partition coefficient (Wildman–Crippen LogP) is 1.50. The number of hydrogen-bond donors (Lipinski definition) is 1. The van der Waals surface area contributed by atoms with E-state index in [1.54, 1.807) is 0 Å². The molecular weight excluding hydrogens is 162 g/mol. The number of likely N-dealkylation sites (N-methyl/N-ethyl adjacent to an activating group) is 1. The fourth-order valence-electron chi connectivity index (χ4n) is 1.16. The molecule has 0 unspecified atom stereocenters. The van der Waals surface area contributed by atoms with E-state index in [0.29, 0.717) is 11.8 Å². The average Bonchev–Trinajstić information content (AvgIpc) is 1.96. The van der Waals surface area contributed by atoms with Crippen LogP contribution in [0.3, 0.4) is 0 Å². The van der Waals surface area contributed by atoms with Gasteiger partial charge in [0.05, 0.1) is 5.84 Å². The summed E-state index contributed by atoms with van der Waals surface area (Å²) in [6.45, 7) is 9.20. The second kappa shape index (κ2) is 5.97. The van der Waals surface area contributed by atoms with Crippen molar-refractivity contribution in [3.63, 3.8) is 0 Å². The first-order chi connectivity index (χ1) is 5.93. The molecule has 78 valence electrons. The maximum atomic E-state index is 7.60. The molecule has 0 fully saturated rings. The van der Waals surface area contributed by atoms with Gasteiger partial charge in [0.15, 0.2) is 0 Å². The Morgan fingerprint density at radius 1 is 1.23 bits per heavy atom. The molecule has 0 bridgehead atoms. The molecule has 0 amide bonds. The van der Waals surface area contributed by atoms with Gasteiger partial charge in [0.2, 0.25) is 0 Å². The number of nitrogens with zero attached hydrogens (tertiary/aromatic N) is 2. The Labute approximate surface area is 82.2 Å². The first-order valence-electron chi connectivity index (χ1n) is 4.88. The largest absolute Gasteiger partial charge is 0.359 e. The van der Waals surface area contributed by atoms with Crippen molar-refractivity contribution in [1.82, 2.24) is 9.80 Å². The quantitative estimate of drug-likeness (QED) is 0.520. The first kappa shape index (κ1) is 12.4. The van der Waals surface area contributed by atoms with E-state index >= 15 is 0 Å². The van der Waals surface area contributed by atoms with Crippen molar-refractivity contribution in [1.29, 1.82) is 5.41 Å². The molecule has 0 radical (unpaired) electrons. The van der Waals surface area contributed by atoms with E-state index in [1.165, 1.54) is 0 Å². The SMILES string of the molecule is CC(=N)N(CCN(C)C)CC(C)C. The fraction of sp³-hybridized carbons (Fsp3) is 0.900. The molecule has 0 saturated heterocycles. The van der Waals surface area contributed by atoms with E-state index in [9.17, 15) is 0 Å². The predicted molar refractivity (Wildman–Crippen MR) is 58.4 cm³/mol. The number of hydrogen-bond acceptors (Lipinski definition) is 2. The Morgan fingerprint density at radius 3 is 2.08 bits per heavy atom. The fourth-order valence-corrected chi connectivity index (χ4v) is 1.16. The summed E-state index contributed by atoms with van der Waals surface area (Å²) in [7, 11) is 4.12. The zero-order valence-corrected chi connectivity index (χ0v) is 9.59. The molecule has 0 heterocycles. The highest BCUT2D eigenvalue weighted by Crippen LogP contribution is 1.99. The molecule has 0 aliphatic heterocycles. The van der Waals surface area contributed by atoms with Crippen LogP contribution in [0.2, 0.25) is 0 Å². The summed E-state index contributed by atoms with van der Waals surface area (Å²) in [6, 6.07) is 0. The molecule has 0 aliphatic carbocycles. The molecule has 3 nitrogen and oxygen atoms in total. The summed E-state index contributed by atoms with van der Waals surface area (Å²) in [4.78, 5) is 4.28. The second-order valence-electron chi connectivity index (χ2n) is 4.23. The summed E-state index contributed by atoms with van der Waals surface area (Å²) in [6.07, 6.45) is 0. The molecule has 3 heteroatoms. The monoisotopic (exact) mass is 185 g/mol. The molecule has 0 aliphatic rings. The maximum absolute atomic E-state index is 7.60. The van der Waals surface area contributed by atoms with Crippen LogP contribution >= 0.6 is 0 Å². The van der Waals surface area contributed by atoms with Crippen molar-refractivity contribution >= 4 is 5.84 Å². The zero-order chi connectivity index (χ0) is 10.4. The molecule has 0 aromatic rings. The van der Waals surface area contributed by atoms with Gasteiger partial charge < -0.3 is 9.80 Å². The highest BCUT2D eigenvalue weighted by molar-refractivity contribution is 5.76. The summed E-state index contributed by atoms with van der Waals surface area (Å²) in [5.74, 6) is 1.30. The molecular formula is C10H23N3. The van der Waals surface area contributed by atoms with Crippen molar-refractivity contribution in [3.05, 3.63) is 0 Å². The van der Waals surface area contributed by atoms with Crippen molar-refractivity contribution in [3.8, 4) is 0 Å². The summed E-state index contributed by atoms with van der Waals surface area (Å²) < 4.78 is 0. The standard InChI is InChI=1S/C10H23N3/c1-9(2)8-13(10(3)11)7-6-12(4)5/h9,11H,6-8H2,1-5H3. The molecule has 0 aromatic carbocycles. The van der Waals surface area contributed by atoms with Crippen LogP contribution < -0.4 is 0 Å². The van der Waals surface area contributed by atoms with Crippen LogP contribution in [0.1, 0.15) is 20.8 Å². The van der Waals surface area contributed by atoms with E-state index in [-0.39, 0.29) is 0 Å². The van der Waals surface area contributed by atoms with Crippen LogP contribution in [0, 0.1) is 11.3 Å². The van der Waals surface area contributed by atoms with Crippen LogP contribution in [0.15, 0.2) is 0 Å². The lowest BCUT2D eigenvalue weighted by Gasteiger charge is -2.26. The Morgan fingerprint density at radius 2 is 1.77 bits per heavy atom. The highest BCUT2D eigenvalue weighted by Gasteiger charge is 2.07. The van der Waals surface area contributed by atoms with Crippen molar-refractivity contribution < 1.29 is 0 Å². The van der Waals surface area contributed by atoms with Crippen LogP contribution in [-0.2, 0) is 0 Å². The minimum atomic E-state index is 0.627. The molecule has 0 saturated carbocycles. The minimum absolute atomic E-state index is 0.627. The summed E-state index contributed by atoms with van der Waals surface area (Å²) >= 11 is 0. The van der Waals surface area contributed by atoms with Crippen molar-refractivity contribution in [2.45, 2.75) is 20.8 Å². The average molecular weight is 185 g/mol. The van der Waals surface area contributed by atoms with Crippen LogP contribution in [-0.4, -0.2) is 49.4 Å². The van der Waals surface area contributed by atoms with Crippen LogP contribution in [0.25, 0.3) is 0 Å². The molecule has 0 atom stereocenters. The van der Waals surface area contributed by atoms with Gasteiger partial charge in [0.25, 0.3) is 0 Å². The van der Waals surface area contributed by atoms with Gasteiger partial charge in [0, 0.05) is 19.6 Å². The molecule has 0 rings (SSSR count). The first-order valence-corrected chi connectivity index (χ1v) is 4.88. The number of rotatable bonds is 5. The molecule has 0 spiro atoms. The molecule has 1 N–H and O–H groups in total. The lowest BCUT2D eigenvalue weighted by Crippen LogP contribution is -2.37. The normalized spacial score (nSPS) is 11.0. The second-order valence-corrected chi connectivity index (χ2v) is 4.23. The third-order valence-corrected chi connectivity index (χ3v) is 1.88. The van der Waals surface area contributed by atoms with E-state index < -0.39 is 0 Å². The summed E-state index contributed by atoms with van der Waals surface area (Å²) in [5.41, 5.74) is 0. The lowest BCUT2D eigenvalue weighted by molar-refractivity contribution is 0.305. The van der Waals surface area contributed by atoms with Gasteiger partial charge in [-0.3, -0.25) is 5.41 Å². The maximum Gasteiger partial charge on any atom is 0.0926 e. The van der Waals surface area contributed by atoms with E-state index in [0.717, 1.165) is 19.6 Å².